The molecular weight excluding hydrogens is 374 g/mol. The maximum atomic E-state index is 12.3. The van der Waals surface area contributed by atoms with Crippen molar-refractivity contribution in [1.82, 2.24) is 19.7 Å². The number of carbonyl (C=O) groups is 1. The predicted molar refractivity (Wildman–Crippen MR) is 98.1 cm³/mol. The van der Waals surface area contributed by atoms with Gasteiger partial charge in [0, 0.05) is 12.1 Å². The molecule has 3 rings (SSSR count). The summed E-state index contributed by atoms with van der Waals surface area (Å²) >= 11 is 1.09. The van der Waals surface area contributed by atoms with Gasteiger partial charge in [-0.15, -0.1) is 0 Å². The summed E-state index contributed by atoms with van der Waals surface area (Å²) in [4.78, 5) is 41.4. The Labute approximate surface area is 156 Å². The lowest BCUT2D eigenvalue weighted by Gasteiger charge is -2.11. The number of aromatic nitrogens is 4. The van der Waals surface area contributed by atoms with Crippen LogP contribution in [0.5, 0.6) is 0 Å². The molecule has 3 aromatic rings. The molecule has 0 saturated carbocycles. The van der Waals surface area contributed by atoms with Gasteiger partial charge in [-0.1, -0.05) is 18.7 Å². The van der Waals surface area contributed by atoms with Crippen LogP contribution in [0.2, 0.25) is 0 Å². The Kier molecular flexibility index (Phi) is 5.21. The summed E-state index contributed by atoms with van der Waals surface area (Å²) < 4.78 is 6.16. The number of ether oxygens (including phenoxy) is 1. The average Bonchev–Trinajstić information content (AvgIpc) is 3.10. The standard InChI is InChI=1S/C16H15N5O5S/c1-3-12(15(23)26-2)27-16-18-13-11(14(22)19-16)8-17-20(13)9-4-6-10(7-5-9)21(24)25/h4-8,12H,3H2,1-2H3,(H,18,19,22). The fourth-order valence-electron chi connectivity index (χ4n) is 2.42. The number of hydrogen-bond acceptors (Lipinski definition) is 8. The summed E-state index contributed by atoms with van der Waals surface area (Å²) in [5.41, 5.74) is 0.357. The van der Waals surface area contributed by atoms with Crippen LogP contribution in [0.25, 0.3) is 16.7 Å². The van der Waals surface area contributed by atoms with Crippen molar-refractivity contribution in [3.8, 4) is 5.69 Å². The number of methoxy groups -OCH3 is 1. The van der Waals surface area contributed by atoms with E-state index in [9.17, 15) is 19.7 Å². The van der Waals surface area contributed by atoms with E-state index in [2.05, 4.69) is 15.1 Å². The second-order valence-corrected chi connectivity index (χ2v) is 6.67. The highest BCUT2D eigenvalue weighted by atomic mass is 32.2. The summed E-state index contributed by atoms with van der Waals surface area (Å²) in [5.74, 6) is -0.408. The van der Waals surface area contributed by atoms with Gasteiger partial charge in [0.1, 0.15) is 10.6 Å². The molecule has 0 aliphatic heterocycles. The van der Waals surface area contributed by atoms with Crippen LogP contribution in [-0.2, 0) is 9.53 Å². The Balaban J connectivity index is 2.03. The molecule has 0 saturated heterocycles. The molecule has 2 heterocycles. The number of H-pyrrole nitrogens is 1. The van der Waals surface area contributed by atoms with Gasteiger partial charge in [0.2, 0.25) is 0 Å². The summed E-state index contributed by atoms with van der Waals surface area (Å²) in [5, 5.41) is 15.0. The van der Waals surface area contributed by atoms with Gasteiger partial charge in [0.05, 0.1) is 23.9 Å². The van der Waals surface area contributed by atoms with Gasteiger partial charge < -0.3 is 9.72 Å². The van der Waals surface area contributed by atoms with Gasteiger partial charge in [0.25, 0.3) is 11.2 Å². The van der Waals surface area contributed by atoms with E-state index in [0.717, 1.165) is 11.8 Å². The number of esters is 1. The molecule has 1 unspecified atom stereocenters. The summed E-state index contributed by atoms with van der Waals surface area (Å²) in [7, 11) is 1.30. The molecule has 10 nitrogen and oxygen atoms in total. The van der Waals surface area contributed by atoms with E-state index in [1.165, 1.54) is 42.3 Å². The molecule has 0 aliphatic rings. The van der Waals surface area contributed by atoms with Gasteiger partial charge in [-0.25, -0.2) is 9.67 Å². The number of rotatable bonds is 6. The Bertz CT molecular complexity index is 1060. The van der Waals surface area contributed by atoms with Crippen molar-refractivity contribution in [1.29, 1.82) is 0 Å². The number of nitrogens with zero attached hydrogens (tertiary/aromatic N) is 4. The molecule has 0 fully saturated rings. The van der Waals surface area contributed by atoms with E-state index in [4.69, 9.17) is 4.74 Å². The molecule has 1 atom stereocenters. The first-order valence-corrected chi connectivity index (χ1v) is 8.80. The minimum Gasteiger partial charge on any atom is -0.468 e. The Morgan fingerprint density at radius 2 is 2.11 bits per heavy atom. The lowest BCUT2D eigenvalue weighted by Crippen LogP contribution is -2.19. The number of nitro benzene ring substituents is 1. The highest BCUT2D eigenvalue weighted by Gasteiger charge is 2.21. The Morgan fingerprint density at radius 3 is 2.70 bits per heavy atom. The van der Waals surface area contributed by atoms with E-state index < -0.39 is 21.7 Å². The van der Waals surface area contributed by atoms with Crippen LogP contribution in [0, 0.1) is 10.1 Å². The molecule has 1 aromatic carbocycles. The number of nitrogens with one attached hydrogen (secondary N) is 1. The third-order valence-electron chi connectivity index (χ3n) is 3.81. The Morgan fingerprint density at radius 1 is 1.41 bits per heavy atom. The van der Waals surface area contributed by atoms with Crippen LogP contribution in [0.3, 0.4) is 0 Å². The lowest BCUT2D eigenvalue weighted by molar-refractivity contribution is -0.384. The molecule has 27 heavy (non-hydrogen) atoms. The van der Waals surface area contributed by atoms with Crippen molar-refractivity contribution in [2.45, 2.75) is 23.8 Å². The fraction of sp³-hybridized carbons (Fsp3) is 0.250. The monoisotopic (exact) mass is 389 g/mol. The third kappa shape index (κ3) is 3.67. The van der Waals surface area contributed by atoms with Crippen LogP contribution < -0.4 is 5.56 Å². The molecule has 0 radical (unpaired) electrons. The largest absolute Gasteiger partial charge is 0.468 e. The van der Waals surface area contributed by atoms with Crippen LogP contribution in [0.4, 0.5) is 5.69 Å². The zero-order valence-corrected chi connectivity index (χ0v) is 15.2. The normalized spacial score (nSPS) is 12.1. The van der Waals surface area contributed by atoms with Crippen molar-refractivity contribution < 1.29 is 14.5 Å². The SMILES string of the molecule is CCC(Sc1nc2c(cnn2-c2ccc([N+](=O)[O-])cc2)c(=O)[nH]1)C(=O)OC. The molecule has 0 bridgehead atoms. The molecule has 2 aromatic heterocycles. The first kappa shape index (κ1) is 18.6. The summed E-state index contributed by atoms with van der Waals surface area (Å²) in [6.45, 7) is 1.83. The number of nitro groups is 1. The van der Waals surface area contributed by atoms with Gasteiger partial charge in [-0.3, -0.25) is 19.7 Å². The minimum atomic E-state index is -0.508. The smallest absolute Gasteiger partial charge is 0.319 e. The van der Waals surface area contributed by atoms with E-state index in [0.29, 0.717) is 12.1 Å². The average molecular weight is 389 g/mol. The molecule has 11 heteroatoms. The molecule has 140 valence electrons. The van der Waals surface area contributed by atoms with Crippen LogP contribution in [0.15, 0.2) is 40.4 Å². The Hall–Kier alpha value is -3.21. The fourth-order valence-corrected chi connectivity index (χ4v) is 3.34. The number of carbonyl (C=O) groups excluding carboxylic acids is 1. The maximum Gasteiger partial charge on any atom is 0.319 e. The highest BCUT2D eigenvalue weighted by Crippen LogP contribution is 2.24. The second kappa shape index (κ2) is 7.58. The number of benzene rings is 1. The van der Waals surface area contributed by atoms with Crippen molar-refractivity contribution in [3.63, 3.8) is 0 Å². The van der Waals surface area contributed by atoms with E-state index >= 15 is 0 Å². The van der Waals surface area contributed by atoms with E-state index in [1.54, 1.807) is 0 Å². The predicted octanol–water partition coefficient (Wildman–Crippen LogP) is 2.06. The lowest BCUT2D eigenvalue weighted by atomic mass is 10.3. The second-order valence-electron chi connectivity index (χ2n) is 5.48. The number of non-ortho nitro benzene ring substituents is 1. The van der Waals surface area contributed by atoms with Crippen LogP contribution in [-0.4, -0.2) is 43.0 Å². The quantitative estimate of drug-likeness (QED) is 0.223. The third-order valence-corrected chi connectivity index (χ3v) is 5.04. The number of fused-ring (bicyclic) bond motifs is 1. The topological polar surface area (TPSA) is 133 Å². The van der Waals surface area contributed by atoms with E-state index in [-0.39, 0.29) is 21.9 Å². The van der Waals surface area contributed by atoms with Gasteiger partial charge in [0.15, 0.2) is 10.8 Å². The molecule has 0 aliphatic carbocycles. The zero-order valence-electron chi connectivity index (χ0n) is 14.4. The van der Waals surface area contributed by atoms with Gasteiger partial charge >= 0.3 is 5.97 Å². The van der Waals surface area contributed by atoms with Crippen molar-refractivity contribution in [2.24, 2.45) is 0 Å². The summed E-state index contributed by atoms with van der Waals surface area (Å²) in [6, 6.07) is 5.72. The maximum absolute atomic E-state index is 12.3. The molecule has 1 N–H and O–H groups in total. The van der Waals surface area contributed by atoms with Crippen molar-refractivity contribution in [3.05, 3.63) is 50.9 Å². The molecule has 0 spiro atoms. The molecule has 0 amide bonds. The summed E-state index contributed by atoms with van der Waals surface area (Å²) in [6.07, 6.45) is 1.87. The minimum absolute atomic E-state index is 0.0545. The first-order valence-electron chi connectivity index (χ1n) is 7.92. The highest BCUT2D eigenvalue weighted by molar-refractivity contribution is 8.00. The van der Waals surface area contributed by atoms with E-state index in [1.807, 2.05) is 6.92 Å². The zero-order chi connectivity index (χ0) is 19.6. The van der Waals surface area contributed by atoms with Crippen LogP contribution in [0.1, 0.15) is 13.3 Å². The number of hydrogen-bond donors (Lipinski definition) is 1. The van der Waals surface area contributed by atoms with Crippen molar-refractivity contribution in [2.75, 3.05) is 7.11 Å². The van der Waals surface area contributed by atoms with Crippen molar-refractivity contribution >= 4 is 34.5 Å². The number of aromatic amines is 1. The van der Waals surface area contributed by atoms with Crippen LogP contribution >= 0.6 is 11.8 Å². The first-order chi connectivity index (χ1) is 12.9. The van der Waals surface area contributed by atoms with Gasteiger partial charge in [-0.2, -0.15) is 5.10 Å². The number of thioether (sulfide) groups is 1. The van der Waals surface area contributed by atoms with Gasteiger partial charge in [-0.05, 0) is 18.6 Å². The molecular formula is C16H15N5O5S.